The number of hydrogen-bond acceptors (Lipinski definition) is 2. The van der Waals surface area contributed by atoms with Gasteiger partial charge in [-0.3, -0.25) is 4.79 Å². The molecule has 1 aliphatic rings. The fourth-order valence-electron chi connectivity index (χ4n) is 2.44. The van der Waals surface area contributed by atoms with Crippen molar-refractivity contribution in [3.8, 4) is 0 Å². The molecule has 1 aliphatic heterocycles. The van der Waals surface area contributed by atoms with Crippen LogP contribution in [0, 0.1) is 0 Å². The second-order valence-electron chi connectivity index (χ2n) is 5.81. The molecule has 1 heterocycles. The van der Waals surface area contributed by atoms with Crippen LogP contribution in [0.4, 0.5) is 0 Å². The zero-order valence-corrected chi connectivity index (χ0v) is 16.3. The normalized spacial score (nSPS) is 14.9. The monoisotopic (exact) mass is 430 g/mol. The Morgan fingerprint density at radius 2 is 1.83 bits per heavy atom. The van der Waals surface area contributed by atoms with Crippen molar-refractivity contribution in [2.45, 2.75) is 25.8 Å². The molecule has 6 heteroatoms. The lowest BCUT2D eigenvalue weighted by atomic mass is 10.1. The minimum Gasteiger partial charge on any atom is -0.347 e. The number of aliphatic imine (C=N–C) groups is 1. The lowest BCUT2D eigenvalue weighted by Gasteiger charge is -2.30. The van der Waals surface area contributed by atoms with E-state index < -0.39 is 0 Å². The number of rotatable bonds is 4. The minimum atomic E-state index is 0. The van der Waals surface area contributed by atoms with Crippen LogP contribution in [0.2, 0.25) is 0 Å². The number of carbonyl (C=O) groups excluding carboxylic acids is 1. The van der Waals surface area contributed by atoms with E-state index in [0.29, 0.717) is 6.54 Å². The van der Waals surface area contributed by atoms with Gasteiger partial charge in [-0.2, -0.15) is 0 Å². The topological polar surface area (TPSA) is 47.9 Å². The Labute approximate surface area is 156 Å². The second kappa shape index (κ2) is 10.5. The number of amides is 1. The van der Waals surface area contributed by atoms with E-state index in [1.54, 1.807) is 19.0 Å². The molecule has 23 heavy (non-hydrogen) atoms. The van der Waals surface area contributed by atoms with E-state index in [4.69, 9.17) is 4.99 Å². The average molecular weight is 430 g/mol. The maximum absolute atomic E-state index is 11.8. The number of carbonyl (C=O) groups is 1. The maximum atomic E-state index is 11.8. The summed E-state index contributed by atoms with van der Waals surface area (Å²) in [6.45, 7) is 2.94. The molecule has 0 saturated carbocycles. The first-order valence-electron chi connectivity index (χ1n) is 7.94. The molecular formula is C17H27IN4O. The van der Waals surface area contributed by atoms with E-state index in [9.17, 15) is 4.79 Å². The molecule has 1 N–H and O–H groups in total. The Hall–Kier alpha value is -1.31. The van der Waals surface area contributed by atoms with Gasteiger partial charge in [0.25, 0.3) is 0 Å². The first kappa shape index (κ1) is 19.7. The van der Waals surface area contributed by atoms with E-state index in [0.717, 1.165) is 19.0 Å². The predicted molar refractivity (Wildman–Crippen MR) is 105 cm³/mol. The van der Waals surface area contributed by atoms with Crippen LogP contribution < -0.4 is 5.32 Å². The summed E-state index contributed by atoms with van der Waals surface area (Å²) in [7, 11) is 3.54. The molecule has 0 radical (unpaired) electrons. The molecule has 5 nitrogen and oxygen atoms in total. The Morgan fingerprint density at radius 3 is 2.43 bits per heavy atom. The number of likely N-dealkylation sites (N-methyl/N-ethyl adjacent to an activating group) is 1. The Kier molecular flexibility index (Phi) is 8.98. The van der Waals surface area contributed by atoms with Crippen molar-refractivity contribution in [3.63, 3.8) is 0 Å². The van der Waals surface area contributed by atoms with Gasteiger partial charge in [0.2, 0.25) is 5.91 Å². The van der Waals surface area contributed by atoms with E-state index in [-0.39, 0.29) is 36.4 Å². The van der Waals surface area contributed by atoms with Gasteiger partial charge in [0.1, 0.15) is 0 Å². The molecule has 1 aromatic rings. The van der Waals surface area contributed by atoms with Crippen molar-refractivity contribution in [2.75, 3.05) is 33.7 Å². The first-order valence-corrected chi connectivity index (χ1v) is 7.94. The summed E-state index contributed by atoms with van der Waals surface area (Å²) >= 11 is 0. The number of hydrogen-bond donors (Lipinski definition) is 1. The third kappa shape index (κ3) is 6.76. The maximum Gasteiger partial charge on any atom is 0.241 e. The van der Waals surface area contributed by atoms with E-state index in [1.807, 2.05) is 18.2 Å². The van der Waals surface area contributed by atoms with Crippen molar-refractivity contribution < 1.29 is 4.79 Å². The van der Waals surface area contributed by atoms with Crippen molar-refractivity contribution in [1.29, 1.82) is 0 Å². The largest absolute Gasteiger partial charge is 0.347 e. The van der Waals surface area contributed by atoms with Crippen LogP contribution >= 0.6 is 24.0 Å². The van der Waals surface area contributed by atoms with Crippen LogP contribution in [0.25, 0.3) is 0 Å². The van der Waals surface area contributed by atoms with E-state index >= 15 is 0 Å². The second-order valence-corrected chi connectivity index (χ2v) is 5.81. The van der Waals surface area contributed by atoms with Gasteiger partial charge >= 0.3 is 0 Å². The van der Waals surface area contributed by atoms with Crippen LogP contribution in [0.15, 0.2) is 35.3 Å². The molecular weight excluding hydrogens is 403 g/mol. The number of nitrogens with one attached hydrogen (secondary N) is 1. The fraction of sp³-hybridized carbons (Fsp3) is 0.529. The van der Waals surface area contributed by atoms with Gasteiger partial charge in [-0.1, -0.05) is 30.3 Å². The summed E-state index contributed by atoms with van der Waals surface area (Å²) in [5.41, 5.74) is 1.18. The summed E-state index contributed by atoms with van der Waals surface area (Å²) < 4.78 is 0. The summed E-state index contributed by atoms with van der Waals surface area (Å²) in [6.07, 6.45) is 3.65. The SMILES string of the molecule is CN(C)C(=O)CNC(=NCc1ccccc1)N1CCCCC1.I. The third-order valence-corrected chi connectivity index (χ3v) is 3.81. The lowest BCUT2D eigenvalue weighted by molar-refractivity contribution is -0.127. The zero-order chi connectivity index (χ0) is 15.8. The van der Waals surface area contributed by atoms with Crippen molar-refractivity contribution in [1.82, 2.24) is 15.1 Å². The molecule has 128 valence electrons. The van der Waals surface area contributed by atoms with Crippen molar-refractivity contribution >= 4 is 35.8 Å². The van der Waals surface area contributed by atoms with Gasteiger partial charge in [-0.05, 0) is 24.8 Å². The van der Waals surface area contributed by atoms with Crippen molar-refractivity contribution in [2.24, 2.45) is 4.99 Å². The average Bonchev–Trinajstić information content (AvgIpc) is 2.56. The summed E-state index contributed by atoms with van der Waals surface area (Å²) in [4.78, 5) is 20.4. The van der Waals surface area contributed by atoms with Crippen LogP contribution in [-0.4, -0.2) is 55.4 Å². The van der Waals surface area contributed by atoms with Gasteiger partial charge in [-0.15, -0.1) is 24.0 Å². The zero-order valence-electron chi connectivity index (χ0n) is 14.0. The molecule has 0 unspecified atom stereocenters. The van der Waals surface area contributed by atoms with E-state index in [1.165, 1.54) is 24.8 Å². The van der Waals surface area contributed by atoms with Crippen LogP contribution in [-0.2, 0) is 11.3 Å². The third-order valence-electron chi connectivity index (χ3n) is 3.81. The highest BCUT2D eigenvalue weighted by atomic mass is 127. The quantitative estimate of drug-likeness (QED) is 0.453. The molecule has 1 fully saturated rings. The summed E-state index contributed by atoms with van der Waals surface area (Å²) in [5, 5.41) is 3.23. The highest BCUT2D eigenvalue weighted by Crippen LogP contribution is 2.09. The van der Waals surface area contributed by atoms with Crippen LogP contribution in [0.3, 0.4) is 0 Å². The Balaban J connectivity index is 0.00000264. The van der Waals surface area contributed by atoms with Gasteiger partial charge < -0.3 is 15.1 Å². The highest BCUT2D eigenvalue weighted by Gasteiger charge is 2.15. The van der Waals surface area contributed by atoms with Gasteiger partial charge in [0.05, 0.1) is 13.1 Å². The summed E-state index contributed by atoms with van der Waals surface area (Å²) in [5.74, 6) is 0.906. The molecule has 0 aliphatic carbocycles. The van der Waals surface area contributed by atoms with Crippen molar-refractivity contribution in [3.05, 3.63) is 35.9 Å². The number of piperidine rings is 1. The van der Waals surface area contributed by atoms with Gasteiger partial charge in [0.15, 0.2) is 5.96 Å². The molecule has 1 saturated heterocycles. The lowest BCUT2D eigenvalue weighted by Crippen LogP contribution is -2.47. The minimum absolute atomic E-state index is 0. The summed E-state index contributed by atoms with van der Waals surface area (Å²) in [6, 6.07) is 10.2. The molecule has 0 aromatic heterocycles. The molecule has 0 bridgehead atoms. The van der Waals surface area contributed by atoms with Crippen LogP contribution in [0.5, 0.6) is 0 Å². The van der Waals surface area contributed by atoms with Gasteiger partial charge in [-0.25, -0.2) is 4.99 Å². The standard InChI is InChI=1S/C17H26N4O.HI/c1-20(2)16(22)14-19-17(21-11-7-4-8-12-21)18-13-15-9-5-3-6-10-15;/h3,5-6,9-10H,4,7-8,11-14H2,1-2H3,(H,18,19);1H. The molecule has 2 rings (SSSR count). The predicted octanol–water partition coefficient (Wildman–Crippen LogP) is 2.32. The highest BCUT2D eigenvalue weighted by molar-refractivity contribution is 14.0. The number of nitrogens with zero attached hydrogens (tertiary/aromatic N) is 3. The first-order chi connectivity index (χ1) is 10.7. The number of benzene rings is 1. The van der Waals surface area contributed by atoms with Crippen LogP contribution in [0.1, 0.15) is 24.8 Å². The number of likely N-dealkylation sites (tertiary alicyclic amines) is 1. The number of halogens is 1. The molecule has 1 amide bonds. The number of guanidine groups is 1. The fourth-order valence-corrected chi connectivity index (χ4v) is 2.44. The molecule has 1 aromatic carbocycles. The van der Waals surface area contributed by atoms with E-state index in [2.05, 4.69) is 22.3 Å². The Bertz CT molecular complexity index is 499. The Morgan fingerprint density at radius 1 is 1.17 bits per heavy atom. The van der Waals surface area contributed by atoms with Gasteiger partial charge in [0, 0.05) is 27.2 Å². The smallest absolute Gasteiger partial charge is 0.241 e. The molecule has 0 spiro atoms. The molecule has 0 atom stereocenters.